The standard InChI is InChI=1S/C36H27N3OS/c1-36(2,3)23-15-16-37-30(20-23)22-7-6-8-24(19-22)40-25-11-12-26-27-13-14-32-33(28-9-4-5-10-31(28)41-32)34(27)39-18-17-38-35(39)29(26)21-25/h4-21H,1-3H3. The Balaban J connectivity index is 1.25. The molecule has 41 heavy (non-hydrogen) atoms. The third-order valence-corrected chi connectivity index (χ3v) is 9.05. The second kappa shape index (κ2) is 8.88. The molecule has 5 heteroatoms. The lowest BCUT2D eigenvalue weighted by Crippen LogP contribution is -2.11. The maximum absolute atomic E-state index is 6.44. The minimum absolute atomic E-state index is 0.0571. The Labute approximate surface area is 241 Å². The molecule has 0 N–H and O–H groups in total. The highest BCUT2D eigenvalue weighted by molar-refractivity contribution is 7.26. The third kappa shape index (κ3) is 3.88. The second-order valence-electron chi connectivity index (χ2n) is 11.6. The van der Waals surface area contributed by atoms with E-state index in [1.165, 1.54) is 42.0 Å². The van der Waals surface area contributed by atoms with Crippen LogP contribution in [0.5, 0.6) is 11.5 Å². The van der Waals surface area contributed by atoms with Gasteiger partial charge in [0.25, 0.3) is 0 Å². The van der Waals surface area contributed by atoms with E-state index in [1.54, 1.807) is 0 Å². The van der Waals surface area contributed by atoms with Crippen LogP contribution in [0.4, 0.5) is 0 Å². The number of hydrogen-bond donors (Lipinski definition) is 0. The quantitative estimate of drug-likeness (QED) is 0.206. The van der Waals surface area contributed by atoms with Crippen LogP contribution < -0.4 is 4.74 Å². The molecular formula is C36H27N3OS. The molecule has 0 aliphatic carbocycles. The summed E-state index contributed by atoms with van der Waals surface area (Å²) in [6.45, 7) is 6.66. The van der Waals surface area contributed by atoms with Gasteiger partial charge in [-0.2, -0.15) is 0 Å². The Morgan fingerprint density at radius 1 is 0.683 bits per heavy atom. The highest BCUT2D eigenvalue weighted by Crippen LogP contribution is 2.42. The first-order valence-electron chi connectivity index (χ1n) is 13.8. The van der Waals surface area contributed by atoms with Crippen LogP contribution in [-0.2, 0) is 5.41 Å². The van der Waals surface area contributed by atoms with Crippen LogP contribution in [0.3, 0.4) is 0 Å². The number of pyridine rings is 2. The van der Waals surface area contributed by atoms with Crippen LogP contribution in [-0.4, -0.2) is 14.4 Å². The highest BCUT2D eigenvalue weighted by Gasteiger charge is 2.17. The van der Waals surface area contributed by atoms with Crippen molar-refractivity contribution in [3.63, 3.8) is 0 Å². The van der Waals surface area contributed by atoms with Gasteiger partial charge in [0.15, 0.2) is 0 Å². The van der Waals surface area contributed by atoms with Crippen molar-refractivity contribution in [1.82, 2.24) is 14.4 Å². The van der Waals surface area contributed by atoms with E-state index in [4.69, 9.17) is 9.72 Å². The number of thiophene rings is 1. The number of ether oxygens (including phenoxy) is 1. The van der Waals surface area contributed by atoms with Crippen LogP contribution in [0, 0.1) is 0 Å². The van der Waals surface area contributed by atoms with E-state index >= 15 is 0 Å². The lowest BCUT2D eigenvalue weighted by Gasteiger charge is -2.19. The van der Waals surface area contributed by atoms with Crippen molar-refractivity contribution >= 4 is 58.8 Å². The van der Waals surface area contributed by atoms with Crippen molar-refractivity contribution in [2.45, 2.75) is 26.2 Å². The highest BCUT2D eigenvalue weighted by atomic mass is 32.1. The van der Waals surface area contributed by atoms with Gasteiger partial charge >= 0.3 is 0 Å². The molecule has 8 rings (SSSR count). The average Bonchev–Trinajstić information content (AvgIpc) is 3.62. The zero-order valence-electron chi connectivity index (χ0n) is 23.1. The lowest BCUT2D eigenvalue weighted by molar-refractivity contribution is 0.483. The lowest BCUT2D eigenvalue weighted by atomic mass is 9.87. The van der Waals surface area contributed by atoms with E-state index in [1.807, 2.05) is 35.9 Å². The fraction of sp³-hybridized carbons (Fsp3) is 0.111. The molecule has 0 amide bonds. The van der Waals surface area contributed by atoms with Crippen molar-refractivity contribution in [2.75, 3.05) is 0 Å². The first kappa shape index (κ1) is 24.1. The summed E-state index contributed by atoms with van der Waals surface area (Å²) in [6, 6.07) is 31.9. The van der Waals surface area contributed by atoms with Crippen molar-refractivity contribution in [3.05, 3.63) is 115 Å². The van der Waals surface area contributed by atoms with Gasteiger partial charge < -0.3 is 4.74 Å². The number of benzene rings is 4. The molecule has 0 unspecified atom stereocenters. The molecule has 198 valence electrons. The Morgan fingerprint density at radius 2 is 1.54 bits per heavy atom. The van der Waals surface area contributed by atoms with E-state index in [9.17, 15) is 0 Å². The maximum atomic E-state index is 6.44. The molecular weight excluding hydrogens is 522 g/mol. The van der Waals surface area contributed by atoms with Crippen LogP contribution in [0.2, 0.25) is 0 Å². The van der Waals surface area contributed by atoms with Crippen LogP contribution in [0.15, 0.2) is 110 Å². The molecule has 4 nitrogen and oxygen atoms in total. The summed E-state index contributed by atoms with van der Waals surface area (Å²) in [5.74, 6) is 1.55. The van der Waals surface area contributed by atoms with Crippen molar-refractivity contribution in [1.29, 1.82) is 0 Å². The van der Waals surface area contributed by atoms with Crippen molar-refractivity contribution in [2.24, 2.45) is 0 Å². The summed E-state index contributed by atoms with van der Waals surface area (Å²) in [4.78, 5) is 9.44. The Hall–Kier alpha value is -4.74. The largest absolute Gasteiger partial charge is 0.457 e. The summed E-state index contributed by atoms with van der Waals surface area (Å²) in [5, 5.41) is 6.01. The number of imidazole rings is 1. The number of aromatic nitrogens is 3. The summed E-state index contributed by atoms with van der Waals surface area (Å²) >= 11 is 1.84. The number of fused-ring (bicyclic) bond motifs is 10. The van der Waals surface area contributed by atoms with Crippen LogP contribution in [0.25, 0.3) is 58.8 Å². The van der Waals surface area contributed by atoms with Gasteiger partial charge in [-0.3, -0.25) is 9.38 Å². The molecule has 0 spiro atoms. The van der Waals surface area contributed by atoms with Gasteiger partial charge in [0.2, 0.25) is 0 Å². The van der Waals surface area contributed by atoms with Gasteiger partial charge in [-0.25, -0.2) is 4.98 Å². The maximum Gasteiger partial charge on any atom is 0.145 e. The van der Waals surface area contributed by atoms with Crippen molar-refractivity contribution < 1.29 is 4.74 Å². The fourth-order valence-electron chi connectivity index (χ4n) is 5.87. The first-order chi connectivity index (χ1) is 19.9. The summed E-state index contributed by atoms with van der Waals surface area (Å²) in [6.07, 6.45) is 5.84. The summed E-state index contributed by atoms with van der Waals surface area (Å²) < 4.78 is 11.3. The minimum Gasteiger partial charge on any atom is -0.457 e. The number of nitrogens with zero attached hydrogens (tertiary/aromatic N) is 3. The Bertz CT molecular complexity index is 2290. The molecule has 0 saturated carbocycles. The average molecular weight is 550 g/mol. The van der Waals surface area contributed by atoms with Gasteiger partial charge in [-0.1, -0.05) is 57.2 Å². The number of rotatable bonds is 3. The molecule has 8 aromatic rings. The van der Waals surface area contributed by atoms with E-state index in [2.05, 4.69) is 115 Å². The van der Waals surface area contributed by atoms with Crippen LogP contribution >= 0.6 is 11.3 Å². The normalized spacial score (nSPS) is 12.3. The molecule has 0 aliphatic rings. The zero-order valence-corrected chi connectivity index (χ0v) is 23.9. The van der Waals surface area contributed by atoms with Gasteiger partial charge in [0, 0.05) is 55.1 Å². The van der Waals surface area contributed by atoms with Crippen molar-refractivity contribution in [3.8, 4) is 22.8 Å². The molecule has 4 heterocycles. The van der Waals surface area contributed by atoms with E-state index in [-0.39, 0.29) is 5.41 Å². The molecule has 0 saturated heterocycles. The van der Waals surface area contributed by atoms with E-state index < -0.39 is 0 Å². The first-order valence-corrected chi connectivity index (χ1v) is 14.6. The molecule has 4 aromatic heterocycles. The zero-order chi connectivity index (χ0) is 27.7. The predicted octanol–water partition coefficient (Wildman–Crippen LogP) is 10.2. The number of hydrogen-bond acceptors (Lipinski definition) is 4. The summed E-state index contributed by atoms with van der Waals surface area (Å²) in [5.41, 5.74) is 5.42. The SMILES string of the molecule is CC(C)(C)c1ccnc(-c2cccc(Oc3ccc4c(c3)c3nccn3c3c4ccc4sc5ccccc5c43)c2)c1. The predicted molar refractivity (Wildman–Crippen MR) is 172 cm³/mol. The van der Waals surface area contributed by atoms with E-state index in [0.717, 1.165) is 33.8 Å². The Kier molecular flexibility index (Phi) is 5.22. The molecule has 0 radical (unpaired) electrons. The monoisotopic (exact) mass is 549 g/mol. The molecule has 4 aromatic carbocycles. The van der Waals surface area contributed by atoms with E-state index in [0.29, 0.717) is 0 Å². The second-order valence-corrected chi connectivity index (χ2v) is 12.7. The molecule has 0 atom stereocenters. The topological polar surface area (TPSA) is 39.4 Å². The third-order valence-electron chi connectivity index (χ3n) is 7.91. The fourth-order valence-corrected chi connectivity index (χ4v) is 6.97. The molecule has 0 bridgehead atoms. The van der Waals surface area contributed by atoms with Crippen LogP contribution in [0.1, 0.15) is 26.3 Å². The Morgan fingerprint density at radius 3 is 2.44 bits per heavy atom. The van der Waals surface area contributed by atoms with Gasteiger partial charge in [-0.05, 0) is 71.0 Å². The van der Waals surface area contributed by atoms with Gasteiger partial charge in [0.05, 0.1) is 11.2 Å². The van der Waals surface area contributed by atoms with Gasteiger partial charge in [-0.15, -0.1) is 11.3 Å². The molecule has 0 fully saturated rings. The smallest absolute Gasteiger partial charge is 0.145 e. The summed E-state index contributed by atoms with van der Waals surface area (Å²) in [7, 11) is 0. The van der Waals surface area contributed by atoms with Gasteiger partial charge in [0.1, 0.15) is 17.1 Å². The molecule has 0 aliphatic heterocycles. The minimum atomic E-state index is 0.0571.